The topological polar surface area (TPSA) is 83.6 Å². The molecule has 0 spiro atoms. The lowest BCUT2D eigenvalue weighted by atomic mass is 9.99. The molecular formula is C19H16N4O2. The molecule has 0 saturated heterocycles. The summed E-state index contributed by atoms with van der Waals surface area (Å²) in [7, 11) is 0. The first kappa shape index (κ1) is 15.5. The summed E-state index contributed by atoms with van der Waals surface area (Å²) >= 11 is 0. The lowest BCUT2D eigenvalue weighted by Crippen LogP contribution is -2.33. The van der Waals surface area contributed by atoms with Gasteiger partial charge in [-0.25, -0.2) is 0 Å². The van der Waals surface area contributed by atoms with E-state index in [9.17, 15) is 9.59 Å². The number of benzene rings is 2. The molecule has 0 saturated carbocycles. The molecule has 0 aromatic heterocycles. The van der Waals surface area contributed by atoms with Gasteiger partial charge in [-0.3, -0.25) is 20.0 Å². The minimum Gasteiger partial charge on any atom is -0.303 e. The third-order valence-corrected chi connectivity index (χ3v) is 4.54. The van der Waals surface area contributed by atoms with Gasteiger partial charge in [0.25, 0.3) is 0 Å². The van der Waals surface area contributed by atoms with Crippen molar-refractivity contribution in [3.63, 3.8) is 0 Å². The quantitative estimate of drug-likeness (QED) is 0.648. The molecule has 0 fully saturated rings. The van der Waals surface area contributed by atoms with Crippen LogP contribution in [-0.2, 0) is 28.9 Å². The number of nitrogens with zero attached hydrogens (tertiary/aromatic N) is 4. The second-order valence-electron chi connectivity index (χ2n) is 6.00. The van der Waals surface area contributed by atoms with Crippen molar-refractivity contribution in [1.82, 2.24) is 0 Å². The highest BCUT2D eigenvalue weighted by Gasteiger charge is 2.13. The van der Waals surface area contributed by atoms with E-state index in [2.05, 4.69) is 20.0 Å². The molecule has 2 aliphatic rings. The average Bonchev–Trinajstić information content (AvgIpc) is 3.29. The van der Waals surface area contributed by atoms with Crippen molar-refractivity contribution in [1.29, 1.82) is 0 Å². The van der Waals surface area contributed by atoms with Gasteiger partial charge in [-0.15, -0.1) is 0 Å². The Morgan fingerprint density at radius 2 is 1.00 bits per heavy atom. The van der Waals surface area contributed by atoms with E-state index < -0.39 is 0 Å². The lowest BCUT2D eigenvalue weighted by Gasteiger charge is -2.06. The number of carbonyl (C=O) groups is 2. The molecule has 0 N–H and O–H groups in total. The standard InChI is InChI=1S/C19H16N4O2/c24-7-5-12-1-3-14(18-16(12)20-10-22-18)9-15-4-2-13(6-8-25)17-19(15)23-11-21-17/h1-4,7-8H,5-6,9-11H2. The second-order valence-corrected chi connectivity index (χ2v) is 6.00. The van der Waals surface area contributed by atoms with E-state index in [-0.39, 0.29) is 0 Å². The molecule has 2 heterocycles. The first-order chi connectivity index (χ1) is 12.3. The summed E-state index contributed by atoms with van der Waals surface area (Å²) < 4.78 is 0. The second kappa shape index (κ2) is 6.47. The summed E-state index contributed by atoms with van der Waals surface area (Å²) in [5.41, 5.74) is 3.97. The summed E-state index contributed by atoms with van der Waals surface area (Å²) in [5.74, 6) is 0. The smallest absolute Gasteiger partial charge is 0.130 e. The summed E-state index contributed by atoms with van der Waals surface area (Å²) in [4.78, 5) is 39.5. The molecule has 0 radical (unpaired) electrons. The van der Waals surface area contributed by atoms with Gasteiger partial charge in [-0.05, 0) is 22.3 Å². The predicted octanol–water partition coefficient (Wildman–Crippen LogP) is -0.819. The molecule has 0 unspecified atom stereocenters. The van der Waals surface area contributed by atoms with Crippen LogP contribution in [0.5, 0.6) is 0 Å². The van der Waals surface area contributed by atoms with E-state index >= 15 is 0 Å². The van der Waals surface area contributed by atoms with Crippen molar-refractivity contribution >= 4 is 12.6 Å². The summed E-state index contributed by atoms with van der Waals surface area (Å²) in [5, 5.41) is 3.42. The lowest BCUT2D eigenvalue weighted by molar-refractivity contribution is -0.108. The van der Waals surface area contributed by atoms with Crippen LogP contribution >= 0.6 is 0 Å². The minimum absolute atomic E-state index is 0.353. The Labute approximate surface area is 143 Å². The fourth-order valence-corrected chi connectivity index (χ4v) is 3.39. The molecular weight excluding hydrogens is 316 g/mol. The first-order valence-corrected chi connectivity index (χ1v) is 8.18. The van der Waals surface area contributed by atoms with Crippen molar-refractivity contribution in [3.05, 3.63) is 67.9 Å². The highest BCUT2D eigenvalue weighted by molar-refractivity contribution is 5.55. The zero-order chi connectivity index (χ0) is 17.2. The molecule has 0 bridgehead atoms. The Hall–Kier alpha value is -3.02. The van der Waals surface area contributed by atoms with E-state index in [4.69, 9.17) is 0 Å². The number of hydrogen-bond donors (Lipinski definition) is 0. The summed E-state index contributed by atoms with van der Waals surface area (Å²) in [6.07, 6.45) is 3.16. The van der Waals surface area contributed by atoms with Crippen LogP contribution in [0.4, 0.5) is 0 Å². The Bertz CT molecular complexity index is 1030. The van der Waals surface area contributed by atoms with E-state index in [0.29, 0.717) is 32.6 Å². The van der Waals surface area contributed by atoms with Crippen LogP contribution in [0.15, 0.2) is 44.2 Å². The summed E-state index contributed by atoms with van der Waals surface area (Å²) in [6, 6.07) is 7.93. The average molecular weight is 332 g/mol. The molecule has 6 nitrogen and oxygen atoms in total. The van der Waals surface area contributed by atoms with Crippen molar-refractivity contribution < 1.29 is 9.59 Å². The van der Waals surface area contributed by atoms with Crippen LogP contribution in [-0.4, -0.2) is 25.9 Å². The Morgan fingerprint density at radius 1 is 0.640 bits per heavy atom. The van der Waals surface area contributed by atoms with Crippen LogP contribution in [0, 0.1) is 0 Å². The van der Waals surface area contributed by atoms with Crippen LogP contribution in [0.25, 0.3) is 0 Å². The van der Waals surface area contributed by atoms with E-state index in [1.54, 1.807) is 0 Å². The molecule has 0 atom stereocenters. The fraction of sp³-hybridized carbons (Fsp3) is 0.263. The van der Waals surface area contributed by atoms with Crippen LogP contribution in [0.2, 0.25) is 0 Å². The third kappa shape index (κ3) is 2.69. The highest BCUT2D eigenvalue weighted by atomic mass is 16.1. The van der Waals surface area contributed by atoms with Crippen molar-refractivity contribution in [3.8, 4) is 0 Å². The highest BCUT2D eigenvalue weighted by Crippen LogP contribution is 2.05. The molecule has 0 aliphatic carbocycles. The van der Waals surface area contributed by atoms with Gasteiger partial charge in [0.15, 0.2) is 0 Å². The maximum Gasteiger partial charge on any atom is 0.130 e. The molecule has 6 heteroatoms. The van der Waals surface area contributed by atoms with Crippen LogP contribution in [0.1, 0.15) is 22.3 Å². The van der Waals surface area contributed by atoms with Crippen molar-refractivity contribution in [2.75, 3.05) is 13.3 Å². The molecule has 2 aliphatic heterocycles. The molecule has 2 aromatic carbocycles. The Balaban J connectivity index is 1.79. The first-order valence-electron chi connectivity index (χ1n) is 8.18. The normalized spacial score (nSPS) is 13.8. The van der Waals surface area contributed by atoms with Gasteiger partial charge in [0, 0.05) is 19.3 Å². The zero-order valence-electron chi connectivity index (χ0n) is 13.6. The summed E-state index contributed by atoms with van der Waals surface area (Å²) in [6.45, 7) is 0.822. The van der Waals surface area contributed by atoms with E-state index in [0.717, 1.165) is 56.3 Å². The van der Waals surface area contributed by atoms with Gasteiger partial charge in [0.05, 0.1) is 21.4 Å². The van der Waals surface area contributed by atoms with Gasteiger partial charge in [-0.2, -0.15) is 0 Å². The number of rotatable bonds is 6. The third-order valence-electron chi connectivity index (χ3n) is 4.54. The molecule has 4 rings (SSSR count). The molecule has 2 aromatic rings. The maximum atomic E-state index is 10.8. The van der Waals surface area contributed by atoms with Crippen LogP contribution in [0.3, 0.4) is 0 Å². The minimum atomic E-state index is 0.353. The largest absolute Gasteiger partial charge is 0.303 e. The zero-order valence-corrected chi connectivity index (χ0v) is 13.6. The fourth-order valence-electron chi connectivity index (χ4n) is 3.39. The SMILES string of the molecule is O=CCc1ccc(Cc2ccc(CC=O)c3c2=NCN=3)c2c1=NCN=2. The Morgan fingerprint density at radius 3 is 1.40 bits per heavy atom. The van der Waals surface area contributed by atoms with Gasteiger partial charge < -0.3 is 9.59 Å². The predicted molar refractivity (Wildman–Crippen MR) is 89.6 cm³/mol. The van der Waals surface area contributed by atoms with E-state index in [1.807, 2.05) is 24.3 Å². The number of carbonyl (C=O) groups excluding carboxylic acids is 2. The van der Waals surface area contributed by atoms with E-state index in [1.165, 1.54) is 0 Å². The molecule has 25 heavy (non-hydrogen) atoms. The Kier molecular flexibility index (Phi) is 4.01. The van der Waals surface area contributed by atoms with Crippen molar-refractivity contribution in [2.24, 2.45) is 20.0 Å². The number of fused-ring (bicyclic) bond motifs is 2. The van der Waals surface area contributed by atoms with Crippen molar-refractivity contribution in [2.45, 2.75) is 19.3 Å². The van der Waals surface area contributed by atoms with Crippen LogP contribution < -0.4 is 21.4 Å². The number of hydrogen-bond acceptors (Lipinski definition) is 6. The van der Waals surface area contributed by atoms with Gasteiger partial charge >= 0.3 is 0 Å². The monoisotopic (exact) mass is 332 g/mol. The molecule has 124 valence electrons. The van der Waals surface area contributed by atoms with Gasteiger partial charge in [-0.1, -0.05) is 24.3 Å². The van der Waals surface area contributed by atoms with Gasteiger partial charge in [0.2, 0.25) is 0 Å². The maximum absolute atomic E-state index is 10.8. The van der Waals surface area contributed by atoms with Gasteiger partial charge in [0.1, 0.15) is 25.9 Å². The number of aldehydes is 2. The molecule has 0 amide bonds.